The second-order valence-electron chi connectivity index (χ2n) is 5.27. The summed E-state index contributed by atoms with van der Waals surface area (Å²) in [6, 6.07) is 0.342. The third-order valence-corrected chi connectivity index (χ3v) is 5.00. The highest BCUT2D eigenvalue weighted by molar-refractivity contribution is 7.99. The van der Waals surface area contributed by atoms with E-state index in [1.165, 1.54) is 0 Å². The van der Waals surface area contributed by atoms with Crippen molar-refractivity contribution in [1.82, 2.24) is 15.5 Å². The summed E-state index contributed by atoms with van der Waals surface area (Å²) >= 11 is 1.80. The maximum Gasteiger partial charge on any atom is 0.238 e. The number of rotatable bonds is 7. The van der Waals surface area contributed by atoms with Gasteiger partial charge in [0.25, 0.3) is 0 Å². The van der Waals surface area contributed by atoms with E-state index in [-0.39, 0.29) is 5.91 Å². The zero-order chi connectivity index (χ0) is 15.4. The normalized spacial score (nSPS) is 24.7. The monoisotopic (exact) mass is 312 g/mol. The lowest BCUT2D eigenvalue weighted by Crippen LogP contribution is -2.58. The maximum absolute atomic E-state index is 12.0. The van der Waals surface area contributed by atoms with Crippen LogP contribution in [0.5, 0.6) is 0 Å². The van der Waals surface area contributed by atoms with Crippen molar-refractivity contribution in [2.24, 2.45) is 0 Å². The van der Waals surface area contributed by atoms with Gasteiger partial charge in [-0.2, -0.15) is 16.9 Å². The zero-order valence-electron chi connectivity index (χ0n) is 13.0. The molecule has 1 fully saturated rings. The third kappa shape index (κ3) is 3.78. The molecule has 0 aliphatic heterocycles. The van der Waals surface area contributed by atoms with Crippen molar-refractivity contribution < 1.29 is 9.53 Å². The van der Waals surface area contributed by atoms with Gasteiger partial charge in [0.2, 0.25) is 5.91 Å². The number of ether oxygens (including phenoxy) is 1. The van der Waals surface area contributed by atoms with Crippen LogP contribution in [0.4, 0.5) is 5.69 Å². The Hall–Kier alpha value is -1.05. The number of amides is 1. The highest BCUT2D eigenvalue weighted by atomic mass is 32.2. The number of H-pyrrole nitrogens is 1. The number of thioether (sulfide) groups is 1. The summed E-state index contributed by atoms with van der Waals surface area (Å²) in [5, 5.41) is 13.6. The van der Waals surface area contributed by atoms with Crippen molar-refractivity contribution in [3.05, 3.63) is 11.4 Å². The van der Waals surface area contributed by atoms with E-state index < -0.39 is 0 Å². The molecule has 0 spiro atoms. The van der Waals surface area contributed by atoms with Crippen molar-refractivity contribution in [3.8, 4) is 0 Å². The molecule has 0 bridgehead atoms. The summed E-state index contributed by atoms with van der Waals surface area (Å²) in [7, 11) is 0. The fourth-order valence-electron chi connectivity index (χ4n) is 2.62. The molecule has 2 rings (SSSR count). The predicted molar refractivity (Wildman–Crippen MR) is 85.8 cm³/mol. The molecule has 1 amide bonds. The largest absolute Gasteiger partial charge is 0.377 e. The average molecular weight is 312 g/mol. The summed E-state index contributed by atoms with van der Waals surface area (Å²) in [4.78, 5) is 12.0. The van der Waals surface area contributed by atoms with Crippen molar-refractivity contribution in [3.63, 3.8) is 0 Å². The number of carbonyl (C=O) groups is 1. The Morgan fingerprint density at radius 2 is 2.29 bits per heavy atom. The van der Waals surface area contributed by atoms with E-state index in [9.17, 15) is 4.79 Å². The first-order valence-corrected chi connectivity index (χ1v) is 8.54. The molecule has 0 saturated heterocycles. The van der Waals surface area contributed by atoms with Gasteiger partial charge in [-0.3, -0.25) is 9.89 Å². The number of aromatic nitrogens is 2. The average Bonchev–Trinajstić information content (AvgIpc) is 2.74. The Kier molecular flexibility index (Phi) is 5.66. The number of nitrogens with zero attached hydrogens (tertiary/aromatic N) is 1. The molecule has 0 radical (unpaired) electrons. The van der Waals surface area contributed by atoms with E-state index in [0.717, 1.165) is 30.1 Å². The molecule has 1 aromatic heterocycles. The van der Waals surface area contributed by atoms with Gasteiger partial charge in [0, 0.05) is 17.9 Å². The summed E-state index contributed by atoms with van der Waals surface area (Å²) in [6.45, 7) is 6.83. The lowest BCUT2D eigenvalue weighted by atomic mass is 9.88. The van der Waals surface area contributed by atoms with Crippen LogP contribution < -0.4 is 10.6 Å². The SMILES string of the molecule is CCO[C@@H]1C[C@@H](NCC(=O)Nc2c(C)n[nH]c2C)[C@@H]1SC. The summed E-state index contributed by atoms with van der Waals surface area (Å²) in [6.07, 6.45) is 3.36. The predicted octanol–water partition coefficient (Wildman–Crippen LogP) is 1.46. The molecule has 1 aromatic rings. The van der Waals surface area contributed by atoms with Crippen LogP contribution in [-0.2, 0) is 9.53 Å². The minimum absolute atomic E-state index is 0.0395. The van der Waals surface area contributed by atoms with Crippen molar-refractivity contribution >= 4 is 23.4 Å². The minimum atomic E-state index is -0.0395. The number of nitrogens with one attached hydrogen (secondary N) is 3. The van der Waals surface area contributed by atoms with Crippen LogP contribution in [0.1, 0.15) is 24.7 Å². The molecule has 1 aliphatic rings. The molecular weight excluding hydrogens is 288 g/mol. The van der Waals surface area contributed by atoms with Gasteiger partial charge < -0.3 is 15.4 Å². The maximum atomic E-state index is 12.0. The van der Waals surface area contributed by atoms with E-state index in [2.05, 4.69) is 27.1 Å². The van der Waals surface area contributed by atoms with Crippen LogP contribution in [0, 0.1) is 13.8 Å². The number of aromatic amines is 1. The Labute approximate surface area is 129 Å². The van der Waals surface area contributed by atoms with E-state index >= 15 is 0 Å². The van der Waals surface area contributed by atoms with Crippen LogP contribution >= 0.6 is 11.8 Å². The fraction of sp³-hybridized carbons (Fsp3) is 0.714. The smallest absolute Gasteiger partial charge is 0.238 e. The van der Waals surface area contributed by atoms with E-state index in [1.54, 1.807) is 11.8 Å². The van der Waals surface area contributed by atoms with E-state index in [0.29, 0.717) is 23.9 Å². The van der Waals surface area contributed by atoms with Gasteiger partial charge in [-0.25, -0.2) is 0 Å². The van der Waals surface area contributed by atoms with Crippen LogP contribution in [-0.4, -0.2) is 52.9 Å². The molecule has 3 N–H and O–H groups in total. The fourth-order valence-corrected chi connectivity index (χ4v) is 3.65. The van der Waals surface area contributed by atoms with Crippen LogP contribution in [0.25, 0.3) is 0 Å². The highest BCUT2D eigenvalue weighted by Gasteiger charge is 2.41. The van der Waals surface area contributed by atoms with Crippen LogP contribution in [0.2, 0.25) is 0 Å². The number of hydrogen-bond donors (Lipinski definition) is 3. The summed E-state index contributed by atoms with van der Waals surface area (Å²) < 4.78 is 5.66. The Morgan fingerprint density at radius 1 is 1.52 bits per heavy atom. The third-order valence-electron chi connectivity index (χ3n) is 3.82. The van der Waals surface area contributed by atoms with Crippen molar-refractivity contribution in [2.75, 3.05) is 24.7 Å². The molecule has 21 heavy (non-hydrogen) atoms. The molecule has 1 aliphatic carbocycles. The lowest BCUT2D eigenvalue weighted by Gasteiger charge is -2.43. The Bertz CT molecular complexity index is 472. The number of anilines is 1. The van der Waals surface area contributed by atoms with Gasteiger partial charge in [0.05, 0.1) is 29.7 Å². The van der Waals surface area contributed by atoms with Gasteiger partial charge in [-0.05, 0) is 33.4 Å². The molecule has 1 saturated carbocycles. The van der Waals surface area contributed by atoms with Crippen LogP contribution in [0.3, 0.4) is 0 Å². The summed E-state index contributed by atoms with van der Waals surface area (Å²) in [5.74, 6) is -0.0395. The van der Waals surface area contributed by atoms with Crippen molar-refractivity contribution in [1.29, 1.82) is 0 Å². The quantitative estimate of drug-likeness (QED) is 0.710. The molecule has 7 heteroatoms. The molecular formula is C14H24N4O2S. The lowest BCUT2D eigenvalue weighted by molar-refractivity contribution is -0.115. The van der Waals surface area contributed by atoms with E-state index in [1.807, 2.05) is 20.8 Å². The number of carbonyl (C=O) groups excluding carboxylic acids is 1. The molecule has 118 valence electrons. The molecule has 6 nitrogen and oxygen atoms in total. The molecule has 1 heterocycles. The van der Waals surface area contributed by atoms with Gasteiger partial charge in [-0.1, -0.05) is 0 Å². The molecule has 0 unspecified atom stereocenters. The van der Waals surface area contributed by atoms with Crippen molar-refractivity contribution in [2.45, 2.75) is 44.6 Å². The standard InChI is InChI=1S/C14H24N4O2S/c1-5-20-11-6-10(14(11)21-4)15-7-12(19)16-13-8(2)17-18-9(13)3/h10-11,14-15H,5-7H2,1-4H3,(H,16,19)(H,17,18)/t10-,11-,14+/m1/s1. The number of hydrogen-bond acceptors (Lipinski definition) is 5. The first-order chi connectivity index (χ1) is 10.1. The van der Waals surface area contributed by atoms with Crippen LogP contribution in [0.15, 0.2) is 0 Å². The van der Waals surface area contributed by atoms with E-state index in [4.69, 9.17) is 4.74 Å². The second kappa shape index (κ2) is 7.29. The molecule has 0 aromatic carbocycles. The minimum Gasteiger partial charge on any atom is -0.377 e. The number of aryl methyl sites for hydroxylation is 2. The van der Waals surface area contributed by atoms with Gasteiger partial charge in [0.15, 0.2) is 0 Å². The van der Waals surface area contributed by atoms with Gasteiger partial charge in [-0.15, -0.1) is 0 Å². The first-order valence-electron chi connectivity index (χ1n) is 7.26. The first kappa shape index (κ1) is 16.3. The topological polar surface area (TPSA) is 79.0 Å². The van der Waals surface area contributed by atoms with Gasteiger partial charge >= 0.3 is 0 Å². The second-order valence-corrected chi connectivity index (χ2v) is 6.29. The Balaban J connectivity index is 1.77. The Morgan fingerprint density at radius 3 is 2.86 bits per heavy atom. The zero-order valence-corrected chi connectivity index (χ0v) is 13.8. The van der Waals surface area contributed by atoms with Gasteiger partial charge in [0.1, 0.15) is 0 Å². The summed E-state index contributed by atoms with van der Waals surface area (Å²) in [5.41, 5.74) is 2.47. The highest BCUT2D eigenvalue weighted by Crippen LogP contribution is 2.33. The molecule has 3 atom stereocenters.